The molecule has 10 heteroatoms. The van der Waals surface area contributed by atoms with Gasteiger partial charge in [0.2, 0.25) is 11.8 Å². The average molecular weight is 460 g/mol. The van der Waals surface area contributed by atoms with E-state index >= 15 is 0 Å². The number of anilines is 2. The first-order chi connectivity index (χ1) is 16.5. The number of aromatic amines is 1. The fourth-order valence-electron chi connectivity index (χ4n) is 3.90. The van der Waals surface area contributed by atoms with E-state index in [1.165, 1.54) is 12.3 Å². The van der Waals surface area contributed by atoms with Crippen molar-refractivity contribution >= 4 is 29.2 Å². The Labute approximate surface area is 196 Å². The van der Waals surface area contributed by atoms with Crippen LogP contribution < -0.4 is 16.0 Å². The summed E-state index contributed by atoms with van der Waals surface area (Å²) in [6.07, 6.45) is 7.39. The normalized spacial score (nSPS) is 17.4. The highest BCUT2D eigenvalue weighted by molar-refractivity contribution is 6.02. The third-order valence-electron chi connectivity index (χ3n) is 5.61. The number of H-pyrrole nitrogens is 1. The van der Waals surface area contributed by atoms with Crippen molar-refractivity contribution in [3.63, 3.8) is 0 Å². The standard InChI is InChI=1S/C24H25N7O3/c1-2-22(32)27-16-6-3-5-15(13-16)23(33)28-17-9-10-21(25-14-17)30-24(34)20-8-4-7-18(29-20)19-11-12-26-31-19/h2,4,7-12,14-16H,1,3,5-6,13H2,(H,26,31)(H,27,32)(H,28,33)(H,25,30,34)/t15?,16-/m0/s1. The van der Waals surface area contributed by atoms with Crippen molar-refractivity contribution in [2.24, 2.45) is 5.92 Å². The molecular formula is C24H25N7O3. The summed E-state index contributed by atoms with van der Waals surface area (Å²) in [4.78, 5) is 45.4. The number of nitrogens with zero attached hydrogens (tertiary/aromatic N) is 3. The predicted octanol–water partition coefficient (Wildman–Crippen LogP) is 2.92. The molecule has 0 radical (unpaired) electrons. The molecule has 3 amide bonds. The Balaban J connectivity index is 1.33. The van der Waals surface area contributed by atoms with Gasteiger partial charge in [-0.15, -0.1) is 0 Å². The molecule has 0 aliphatic heterocycles. The van der Waals surface area contributed by atoms with Crippen LogP contribution in [0.2, 0.25) is 0 Å². The monoisotopic (exact) mass is 459 g/mol. The fourth-order valence-corrected chi connectivity index (χ4v) is 3.90. The number of aromatic nitrogens is 4. The summed E-state index contributed by atoms with van der Waals surface area (Å²) in [5.41, 5.74) is 2.08. The molecule has 4 N–H and O–H groups in total. The minimum Gasteiger partial charge on any atom is -0.350 e. The zero-order valence-corrected chi connectivity index (χ0v) is 18.5. The molecule has 0 spiro atoms. The molecule has 1 saturated carbocycles. The first kappa shape index (κ1) is 22.8. The number of carbonyl (C=O) groups excluding carboxylic acids is 3. The zero-order chi connectivity index (χ0) is 23.9. The summed E-state index contributed by atoms with van der Waals surface area (Å²) in [5.74, 6) is -0.606. The molecule has 10 nitrogen and oxygen atoms in total. The molecule has 0 saturated heterocycles. The van der Waals surface area contributed by atoms with E-state index in [2.05, 4.69) is 42.7 Å². The Morgan fingerprint density at radius 3 is 2.71 bits per heavy atom. The lowest BCUT2D eigenvalue weighted by Crippen LogP contribution is -2.40. The number of hydrogen-bond acceptors (Lipinski definition) is 6. The number of carbonyl (C=O) groups is 3. The summed E-state index contributed by atoms with van der Waals surface area (Å²) < 4.78 is 0. The second kappa shape index (κ2) is 10.5. The summed E-state index contributed by atoms with van der Waals surface area (Å²) in [6.45, 7) is 3.46. The van der Waals surface area contributed by atoms with Crippen LogP contribution in [-0.2, 0) is 9.59 Å². The third-order valence-corrected chi connectivity index (χ3v) is 5.61. The largest absolute Gasteiger partial charge is 0.350 e. The lowest BCUT2D eigenvalue weighted by molar-refractivity contribution is -0.122. The molecule has 174 valence electrons. The van der Waals surface area contributed by atoms with Gasteiger partial charge in [-0.05, 0) is 55.7 Å². The highest BCUT2D eigenvalue weighted by atomic mass is 16.2. The van der Waals surface area contributed by atoms with E-state index in [1.54, 1.807) is 42.6 Å². The maximum absolute atomic E-state index is 12.7. The van der Waals surface area contributed by atoms with Gasteiger partial charge in [-0.1, -0.05) is 19.1 Å². The number of nitrogens with one attached hydrogen (secondary N) is 4. The van der Waals surface area contributed by atoms with E-state index in [0.717, 1.165) is 19.3 Å². The van der Waals surface area contributed by atoms with Crippen LogP contribution in [0.3, 0.4) is 0 Å². The van der Waals surface area contributed by atoms with E-state index in [-0.39, 0.29) is 29.5 Å². The Morgan fingerprint density at radius 1 is 1.09 bits per heavy atom. The van der Waals surface area contributed by atoms with E-state index < -0.39 is 5.91 Å². The zero-order valence-electron chi connectivity index (χ0n) is 18.5. The van der Waals surface area contributed by atoms with Gasteiger partial charge < -0.3 is 16.0 Å². The summed E-state index contributed by atoms with van der Waals surface area (Å²) in [6, 6.07) is 10.1. The van der Waals surface area contributed by atoms with Crippen LogP contribution >= 0.6 is 0 Å². The van der Waals surface area contributed by atoms with Gasteiger partial charge in [-0.3, -0.25) is 19.5 Å². The Kier molecular flexibility index (Phi) is 7.07. The minimum atomic E-state index is -0.402. The minimum absolute atomic E-state index is 0.0360. The topological polar surface area (TPSA) is 142 Å². The first-order valence-electron chi connectivity index (χ1n) is 11.0. The molecule has 34 heavy (non-hydrogen) atoms. The van der Waals surface area contributed by atoms with Crippen LogP contribution in [0.4, 0.5) is 11.5 Å². The van der Waals surface area contributed by atoms with Gasteiger partial charge in [0.05, 0.1) is 23.3 Å². The SMILES string of the molecule is C=CC(=O)N[C@H]1CCCC(C(=O)Nc2ccc(NC(=O)c3cccc(-c4ccn[nH]4)n3)nc2)C1. The first-order valence-corrected chi connectivity index (χ1v) is 11.0. The van der Waals surface area contributed by atoms with E-state index in [1.807, 2.05) is 0 Å². The van der Waals surface area contributed by atoms with Crippen LogP contribution in [0.15, 0.2) is 61.4 Å². The van der Waals surface area contributed by atoms with Crippen LogP contribution in [-0.4, -0.2) is 43.9 Å². The van der Waals surface area contributed by atoms with Crippen LogP contribution in [0, 0.1) is 5.92 Å². The predicted molar refractivity (Wildman–Crippen MR) is 127 cm³/mol. The van der Waals surface area contributed by atoms with Crippen molar-refractivity contribution in [3.8, 4) is 11.4 Å². The molecule has 3 aromatic rings. The summed E-state index contributed by atoms with van der Waals surface area (Å²) in [7, 11) is 0. The maximum Gasteiger partial charge on any atom is 0.275 e. The van der Waals surface area contributed by atoms with Crippen LogP contribution in [0.5, 0.6) is 0 Å². The van der Waals surface area contributed by atoms with E-state index in [4.69, 9.17) is 0 Å². The number of pyridine rings is 2. The molecule has 2 atom stereocenters. The molecule has 1 unspecified atom stereocenters. The van der Waals surface area contributed by atoms with Crippen molar-refractivity contribution in [2.45, 2.75) is 31.7 Å². The molecule has 1 fully saturated rings. The molecule has 1 aliphatic rings. The Morgan fingerprint density at radius 2 is 1.97 bits per heavy atom. The average Bonchev–Trinajstić information content (AvgIpc) is 3.40. The van der Waals surface area contributed by atoms with E-state index in [9.17, 15) is 14.4 Å². The molecule has 4 rings (SSSR count). The maximum atomic E-state index is 12.7. The number of hydrogen-bond donors (Lipinski definition) is 4. The molecule has 3 heterocycles. The van der Waals surface area contributed by atoms with Gasteiger partial charge in [0.15, 0.2) is 0 Å². The van der Waals surface area contributed by atoms with Crippen molar-refractivity contribution in [1.29, 1.82) is 0 Å². The van der Waals surface area contributed by atoms with Crippen LogP contribution in [0.25, 0.3) is 11.4 Å². The smallest absolute Gasteiger partial charge is 0.275 e. The third kappa shape index (κ3) is 5.71. The van der Waals surface area contributed by atoms with Gasteiger partial charge in [-0.25, -0.2) is 9.97 Å². The van der Waals surface area contributed by atoms with Crippen molar-refractivity contribution in [1.82, 2.24) is 25.5 Å². The summed E-state index contributed by atoms with van der Waals surface area (Å²) >= 11 is 0. The van der Waals surface area contributed by atoms with Gasteiger partial charge in [0.1, 0.15) is 11.5 Å². The lowest BCUT2D eigenvalue weighted by atomic mass is 9.85. The highest BCUT2D eigenvalue weighted by Crippen LogP contribution is 2.26. The second-order valence-corrected chi connectivity index (χ2v) is 8.03. The Bertz CT molecular complexity index is 1180. The quantitative estimate of drug-likeness (QED) is 0.400. The molecule has 0 aromatic carbocycles. The number of rotatable bonds is 7. The van der Waals surface area contributed by atoms with Gasteiger partial charge >= 0.3 is 0 Å². The van der Waals surface area contributed by atoms with E-state index in [0.29, 0.717) is 29.3 Å². The van der Waals surface area contributed by atoms with Crippen molar-refractivity contribution < 1.29 is 14.4 Å². The molecular weight excluding hydrogens is 434 g/mol. The van der Waals surface area contributed by atoms with Crippen molar-refractivity contribution in [2.75, 3.05) is 10.6 Å². The molecule has 3 aromatic heterocycles. The molecule has 0 bridgehead atoms. The lowest BCUT2D eigenvalue weighted by Gasteiger charge is -2.28. The molecule has 1 aliphatic carbocycles. The Hall–Kier alpha value is -4.34. The summed E-state index contributed by atoms with van der Waals surface area (Å²) in [5, 5.41) is 15.1. The van der Waals surface area contributed by atoms with Gasteiger partial charge in [-0.2, -0.15) is 5.10 Å². The van der Waals surface area contributed by atoms with Gasteiger partial charge in [0.25, 0.3) is 5.91 Å². The second-order valence-electron chi connectivity index (χ2n) is 8.03. The number of amides is 3. The highest BCUT2D eigenvalue weighted by Gasteiger charge is 2.28. The van der Waals surface area contributed by atoms with Crippen LogP contribution in [0.1, 0.15) is 36.2 Å². The fraction of sp³-hybridized carbons (Fsp3) is 0.250. The van der Waals surface area contributed by atoms with Crippen molar-refractivity contribution in [3.05, 3.63) is 67.1 Å². The van der Waals surface area contributed by atoms with Gasteiger partial charge in [0, 0.05) is 18.2 Å².